The van der Waals surface area contributed by atoms with Crippen LogP contribution in [0.15, 0.2) is 0 Å². The molecule has 0 saturated carbocycles. The number of nitriles is 1. The Morgan fingerprint density at radius 1 is 1.57 bits per heavy atom. The number of anilines is 1. The monoisotopic (exact) mass is 206 g/mol. The fourth-order valence-electron chi connectivity index (χ4n) is 2.05. The van der Waals surface area contributed by atoms with Gasteiger partial charge in [-0.3, -0.25) is 0 Å². The molecule has 1 atom stereocenters. The summed E-state index contributed by atoms with van der Waals surface area (Å²) in [4.78, 5) is 1.42. The van der Waals surface area contributed by atoms with Crippen molar-refractivity contribution >= 4 is 16.3 Å². The van der Waals surface area contributed by atoms with E-state index in [-0.39, 0.29) is 0 Å². The zero-order chi connectivity index (χ0) is 10.1. The fourth-order valence-corrected chi connectivity index (χ4v) is 3.36. The third-order valence-electron chi connectivity index (χ3n) is 2.85. The van der Waals surface area contributed by atoms with Crippen LogP contribution < -0.4 is 5.32 Å². The third-order valence-corrected chi connectivity index (χ3v) is 4.12. The van der Waals surface area contributed by atoms with Crippen molar-refractivity contribution in [1.29, 1.82) is 5.26 Å². The largest absolute Gasteiger partial charge is 0.379 e. The van der Waals surface area contributed by atoms with Crippen molar-refractivity contribution < 1.29 is 0 Å². The van der Waals surface area contributed by atoms with E-state index >= 15 is 0 Å². The molecule has 0 aromatic carbocycles. The molecule has 3 heteroatoms. The Kier molecular flexibility index (Phi) is 2.47. The van der Waals surface area contributed by atoms with Gasteiger partial charge in [-0.15, -0.1) is 11.3 Å². The summed E-state index contributed by atoms with van der Waals surface area (Å²) in [5, 5.41) is 13.2. The standard InChI is InChI=1S/C11H14N2S/c1-7-3-4-8-9(6-12)11(13-2)14-10(8)5-7/h7,13H,3-5H2,1-2H3. The number of thiophene rings is 1. The summed E-state index contributed by atoms with van der Waals surface area (Å²) < 4.78 is 0. The predicted molar refractivity (Wildman–Crippen MR) is 59.8 cm³/mol. The highest BCUT2D eigenvalue weighted by Crippen LogP contribution is 2.38. The van der Waals surface area contributed by atoms with Crippen LogP contribution in [0.4, 0.5) is 5.00 Å². The van der Waals surface area contributed by atoms with Crippen molar-refractivity contribution in [2.45, 2.75) is 26.2 Å². The van der Waals surface area contributed by atoms with Crippen molar-refractivity contribution in [2.24, 2.45) is 5.92 Å². The lowest BCUT2D eigenvalue weighted by atomic mass is 9.89. The van der Waals surface area contributed by atoms with Gasteiger partial charge in [-0.05, 0) is 30.7 Å². The molecule has 0 bridgehead atoms. The highest BCUT2D eigenvalue weighted by atomic mass is 32.1. The zero-order valence-corrected chi connectivity index (χ0v) is 9.37. The molecule has 1 N–H and O–H groups in total. The fraction of sp³-hybridized carbons (Fsp3) is 0.545. The van der Waals surface area contributed by atoms with Crippen LogP contribution in [0.1, 0.15) is 29.3 Å². The van der Waals surface area contributed by atoms with Gasteiger partial charge in [0.25, 0.3) is 0 Å². The van der Waals surface area contributed by atoms with Gasteiger partial charge >= 0.3 is 0 Å². The Morgan fingerprint density at radius 2 is 2.36 bits per heavy atom. The van der Waals surface area contributed by atoms with Crippen LogP contribution in [0.3, 0.4) is 0 Å². The van der Waals surface area contributed by atoms with Crippen LogP contribution >= 0.6 is 11.3 Å². The summed E-state index contributed by atoms with van der Waals surface area (Å²) in [6, 6.07) is 2.32. The minimum atomic E-state index is 0.775. The van der Waals surface area contributed by atoms with Gasteiger partial charge in [0.1, 0.15) is 11.1 Å². The van der Waals surface area contributed by atoms with Gasteiger partial charge in [0.15, 0.2) is 0 Å². The molecule has 1 aliphatic carbocycles. The summed E-state index contributed by atoms with van der Waals surface area (Å²) in [5.41, 5.74) is 2.19. The maximum Gasteiger partial charge on any atom is 0.107 e. The van der Waals surface area contributed by atoms with Crippen molar-refractivity contribution in [3.63, 3.8) is 0 Å². The number of fused-ring (bicyclic) bond motifs is 1. The minimum Gasteiger partial charge on any atom is -0.379 e. The average Bonchev–Trinajstić information content (AvgIpc) is 2.54. The molecule has 0 fully saturated rings. The van der Waals surface area contributed by atoms with E-state index in [1.54, 1.807) is 11.3 Å². The van der Waals surface area contributed by atoms with Crippen molar-refractivity contribution in [3.8, 4) is 6.07 Å². The Labute approximate surface area is 88.6 Å². The molecule has 1 aromatic rings. The summed E-state index contributed by atoms with van der Waals surface area (Å²) in [7, 11) is 1.89. The molecular formula is C11H14N2S. The van der Waals surface area contributed by atoms with Crippen molar-refractivity contribution in [1.82, 2.24) is 0 Å². The van der Waals surface area contributed by atoms with Crippen molar-refractivity contribution in [2.75, 3.05) is 12.4 Å². The highest BCUT2D eigenvalue weighted by Gasteiger charge is 2.22. The van der Waals surface area contributed by atoms with Crippen molar-refractivity contribution in [3.05, 3.63) is 16.0 Å². The zero-order valence-electron chi connectivity index (χ0n) is 8.55. The summed E-state index contributed by atoms with van der Waals surface area (Å²) >= 11 is 1.76. The van der Waals surface area contributed by atoms with Crippen LogP contribution in [0.2, 0.25) is 0 Å². The van der Waals surface area contributed by atoms with E-state index in [1.165, 1.54) is 16.9 Å². The second-order valence-electron chi connectivity index (χ2n) is 3.92. The molecule has 2 nitrogen and oxygen atoms in total. The first kappa shape index (κ1) is 9.54. The topological polar surface area (TPSA) is 35.8 Å². The predicted octanol–water partition coefficient (Wildman–Crippen LogP) is 2.79. The quantitative estimate of drug-likeness (QED) is 0.767. The first-order valence-corrected chi connectivity index (χ1v) is 5.80. The number of nitrogens with zero attached hydrogens (tertiary/aromatic N) is 1. The SMILES string of the molecule is CNc1sc2c(c1C#N)CCC(C)C2. The second kappa shape index (κ2) is 3.62. The lowest BCUT2D eigenvalue weighted by molar-refractivity contribution is 0.507. The van der Waals surface area contributed by atoms with Gasteiger partial charge < -0.3 is 5.32 Å². The summed E-state index contributed by atoms with van der Waals surface area (Å²) in [5.74, 6) is 0.775. The second-order valence-corrected chi connectivity index (χ2v) is 5.02. The summed E-state index contributed by atoms with van der Waals surface area (Å²) in [6.07, 6.45) is 3.45. The average molecular weight is 206 g/mol. The number of hydrogen-bond donors (Lipinski definition) is 1. The van der Waals surface area contributed by atoms with E-state index in [0.29, 0.717) is 0 Å². The lowest BCUT2D eigenvalue weighted by Gasteiger charge is -2.17. The number of nitrogens with one attached hydrogen (secondary N) is 1. The number of rotatable bonds is 1. The molecule has 74 valence electrons. The molecule has 2 rings (SSSR count). The van der Waals surface area contributed by atoms with Gasteiger partial charge in [0.2, 0.25) is 0 Å². The Balaban J connectivity index is 2.47. The van der Waals surface area contributed by atoms with E-state index in [0.717, 1.165) is 29.3 Å². The molecule has 1 unspecified atom stereocenters. The summed E-state index contributed by atoms with van der Waals surface area (Å²) in [6.45, 7) is 2.29. The van der Waals surface area contributed by atoms with E-state index in [1.807, 2.05) is 7.05 Å². The van der Waals surface area contributed by atoms with Crippen LogP contribution in [0.25, 0.3) is 0 Å². The van der Waals surface area contributed by atoms with E-state index in [2.05, 4.69) is 18.3 Å². The van der Waals surface area contributed by atoms with Crippen LogP contribution in [0, 0.1) is 17.2 Å². The van der Waals surface area contributed by atoms with Gasteiger partial charge in [0, 0.05) is 11.9 Å². The van der Waals surface area contributed by atoms with Gasteiger partial charge in [-0.25, -0.2) is 0 Å². The third kappa shape index (κ3) is 1.40. The van der Waals surface area contributed by atoms with Crippen LogP contribution in [0.5, 0.6) is 0 Å². The smallest absolute Gasteiger partial charge is 0.107 e. The molecular weight excluding hydrogens is 192 g/mol. The molecule has 0 aliphatic heterocycles. The Morgan fingerprint density at radius 3 is 3.00 bits per heavy atom. The van der Waals surface area contributed by atoms with E-state index < -0.39 is 0 Å². The minimum absolute atomic E-state index is 0.775. The van der Waals surface area contributed by atoms with Crippen LogP contribution in [-0.4, -0.2) is 7.05 Å². The molecule has 0 radical (unpaired) electrons. The Hall–Kier alpha value is -1.01. The van der Waals surface area contributed by atoms with E-state index in [4.69, 9.17) is 5.26 Å². The van der Waals surface area contributed by atoms with Crippen LogP contribution in [-0.2, 0) is 12.8 Å². The first-order chi connectivity index (χ1) is 6.76. The van der Waals surface area contributed by atoms with Gasteiger partial charge in [0.05, 0.1) is 5.56 Å². The lowest BCUT2D eigenvalue weighted by Crippen LogP contribution is -2.09. The molecule has 1 heterocycles. The maximum absolute atomic E-state index is 9.08. The molecule has 0 spiro atoms. The first-order valence-electron chi connectivity index (χ1n) is 4.98. The van der Waals surface area contributed by atoms with Gasteiger partial charge in [-0.2, -0.15) is 5.26 Å². The molecule has 0 saturated heterocycles. The number of hydrogen-bond acceptors (Lipinski definition) is 3. The molecule has 14 heavy (non-hydrogen) atoms. The maximum atomic E-state index is 9.08. The van der Waals surface area contributed by atoms with Gasteiger partial charge in [-0.1, -0.05) is 6.92 Å². The normalized spacial score (nSPS) is 19.9. The van der Waals surface area contributed by atoms with E-state index in [9.17, 15) is 0 Å². The highest BCUT2D eigenvalue weighted by molar-refractivity contribution is 7.16. The Bertz CT molecular complexity index is 387. The molecule has 1 aliphatic rings. The molecule has 0 amide bonds. The molecule has 1 aromatic heterocycles.